The quantitative estimate of drug-likeness (QED) is 0.109. The molecule has 0 amide bonds. The summed E-state index contributed by atoms with van der Waals surface area (Å²) in [6, 6.07) is 27.7. The molecule has 4 aromatic rings. The van der Waals surface area contributed by atoms with Gasteiger partial charge in [0.25, 0.3) is 0 Å². The van der Waals surface area contributed by atoms with Crippen molar-refractivity contribution >= 4 is 32.3 Å². The molecule has 0 radical (unpaired) electrons. The summed E-state index contributed by atoms with van der Waals surface area (Å²) in [7, 11) is -6.31. The summed E-state index contributed by atoms with van der Waals surface area (Å²) in [5.41, 5.74) is 28.6. The Morgan fingerprint density at radius 2 is 0.531 bits per heavy atom. The summed E-state index contributed by atoms with van der Waals surface area (Å²) in [6.07, 6.45) is 0. The normalized spacial score (nSPS) is 13.6. The molecule has 1 spiro atoms. The van der Waals surface area contributed by atoms with E-state index in [1.807, 2.05) is 0 Å². The maximum Gasteiger partial charge on any atom is 0.129 e. The summed E-state index contributed by atoms with van der Waals surface area (Å²) in [5, 5.41) is 0. The number of benzene rings is 4. The Labute approximate surface area is 300 Å². The summed E-state index contributed by atoms with van der Waals surface area (Å²) >= 11 is 0. The second kappa shape index (κ2) is 12.1. The Kier molecular flexibility index (Phi) is 8.60. The standard InChI is InChI=1S/C45H48Si4/c1-46(2,3)25-21-33-13-17-37-38-18-14-34(22-26-47(4,5)6)30-42(38)45(41(37)29-33)43-31-35(23-27-48(7,8)9)15-19-39(43)40-20-16-36(32-44(40)45)24-28-49(10,11)12/h13-20,29-32H,1-12H3. The Balaban J connectivity index is 1.75. The minimum atomic E-state index is -1.58. The first-order chi connectivity index (χ1) is 22.7. The van der Waals surface area contributed by atoms with E-state index in [9.17, 15) is 0 Å². The Hall–Kier alpha value is -4.01. The van der Waals surface area contributed by atoms with Crippen LogP contribution in [0.25, 0.3) is 22.3 Å². The molecular formula is C45H48Si4. The smallest absolute Gasteiger partial charge is 0.127 e. The average molecular weight is 701 g/mol. The molecule has 0 N–H and O–H groups in total. The fourth-order valence-corrected chi connectivity index (χ4v) is 8.66. The van der Waals surface area contributed by atoms with E-state index in [-0.39, 0.29) is 0 Å². The van der Waals surface area contributed by atoms with Crippen LogP contribution in [0.1, 0.15) is 44.5 Å². The van der Waals surface area contributed by atoms with Crippen molar-refractivity contribution in [3.8, 4) is 68.1 Å². The lowest BCUT2D eigenvalue weighted by molar-refractivity contribution is 0.792. The summed E-state index contributed by atoms with van der Waals surface area (Å²) in [5.74, 6) is 14.4. The minimum Gasteiger partial charge on any atom is -0.127 e. The third-order valence-electron chi connectivity index (χ3n) is 8.60. The fourth-order valence-electron chi connectivity index (χ4n) is 6.58. The van der Waals surface area contributed by atoms with Crippen molar-refractivity contribution in [2.24, 2.45) is 0 Å². The summed E-state index contributed by atoms with van der Waals surface area (Å²) < 4.78 is 0. The van der Waals surface area contributed by atoms with Gasteiger partial charge in [0.1, 0.15) is 32.3 Å². The Morgan fingerprint density at radius 3 is 0.714 bits per heavy atom. The van der Waals surface area contributed by atoms with Gasteiger partial charge in [-0.05, 0) is 93.0 Å². The first kappa shape index (κ1) is 34.8. The molecule has 4 heteroatoms. The van der Waals surface area contributed by atoms with Crippen LogP contribution in [0.2, 0.25) is 78.6 Å². The van der Waals surface area contributed by atoms with Crippen molar-refractivity contribution in [3.63, 3.8) is 0 Å². The molecule has 0 heterocycles. The zero-order chi connectivity index (χ0) is 35.6. The number of hydrogen-bond donors (Lipinski definition) is 0. The predicted octanol–water partition coefficient (Wildman–Crippen LogP) is 10.9. The lowest BCUT2D eigenvalue weighted by Gasteiger charge is -2.31. The average Bonchev–Trinajstić information content (AvgIpc) is 3.45. The van der Waals surface area contributed by atoms with Gasteiger partial charge in [-0.25, -0.2) is 0 Å². The van der Waals surface area contributed by atoms with E-state index < -0.39 is 37.7 Å². The molecule has 0 nitrogen and oxygen atoms in total. The van der Waals surface area contributed by atoms with Crippen LogP contribution in [-0.2, 0) is 5.41 Å². The highest BCUT2D eigenvalue weighted by Crippen LogP contribution is 2.63. The third kappa shape index (κ3) is 7.17. The first-order valence-corrected chi connectivity index (χ1v) is 31.5. The van der Waals surface area contributed by atoms with E-state index in [0.717, 1.165) is 22.3 Å². The second-order valence-corrected chi connectivity index (χ2v) is 36.8. The molecule has 0 fully saturated rings. The van der Waals surface area contributed by atoms with Gasteiger partial charge in [0.05, 0.1) is 5.41 Å². The van der Waals surface area contributed by atoms with Gasteiger partial charge in [-0.3, -0.25) is 0 Å². The van der Waals surface area contributed by atoms with Gasteiger partial charge in [-0.15, -0.1) is 22.2 Å². The van der Waals surface area contributed by atoms with Gasteiger partial charge in [0.15, 0.2) is 0 Å². The topological polar surface area (TPSA) is 0 Å². The van der Waals surface area contributed by atoms with Gasteiger partial charge in [-0.1, -0.05) is 127 Å². The van der Waals surface area contributed by atoms with Crippen LogP contribution in [0.4, 0.5) is 0 Å². The van der Waals surface area contributed by atoms with Crippen LogP contribution in [0, 0.1) is 45.9 Å². The minimum absolute atomic E-state index is 0.531. The zero-order valence-electron chi connectivity index (χ0n) is 31.4. The lowest BCUT2D eigenvalue weighted by Crippen LogP contribution is -2.26. The van der Waals surface area contributed by atoms with Crippen LogP contribution >= 0.6 is 0 Å². The van der Waals surface area contributed by atoms with E-state index >= 15 is 0 Å². The summed E-state index contributed by atoms with van der Waals surface area (Å²) in [6.45, 7) is 27.7. The summed E-state index contributed by atoms with van der Waals surface area (Å²) in [4.78, 5) is 0. The van der Waals surface area contributed by atoms with Crippen molar-refractivity contribution in [1.29, 1.82) is 0 Å². The first-order valence-electron chi connectivity index (χ1n) is 17.5. The molecule has 0 unspecified atom stereocenters. The zero-order valence-corrected chi connectivity index (χ0v) is 35.4. The van der Waals surface area contributed by atoms with Gasteiger partial charge in [0, 0.05) is 22.3 Å². The molecule has 2 aliphatic rings. The molecule has 244 valence electrons. The van der Waals surface area contributed by atoms with Crippen LogP contribution in [0.3, 0.4) is 0 Å². The highest BCUT2D eigenvalue weighted by molar-refractivity contribution is 6.85. The van der Waals surface area contributed by atoms with Gasteiger partial charge in [-0.2, -0.15) is 0 Å². The third-order valence-corrected chi connectivity index (χ3v) is 12.1. The molecule has 0 saturated carbocycles. The molecule has 4 aromatic carbocycles. The highest BCUT2D eigenvalue weighted by atomic mass is 28.3. The second-order valence-electron chi connectivity index (χ2n) is 17.8. The molecule has 0 atom stereocenters. The highest BCUT2D eigenvalue weighted by Gasteiger charge is 2.52. The monoisotopic (exact) mass is 700 g/mol. The van der Waals surface area contributed by atoms with Crippen molar-refractivity contribution in [2.75, 3.05) is 0 Å². The maximum atomic E-state index is 3.63. The molecule has 0 aliphatic heterocycles. The maximum absolute atomic E-state index is 3.63. The van der Waals surface area contributed by atoms with Crippen LogP contribution in [0.15, 0.2) is 72.8 Å². The van der Waals surface area contributed by atoms with Crippen LogP contribution in [0.5, 0.6) is 0 Å². The molecule has 2 aliphatic carbocycles. The molecule has 0 bridgehead atoms. The van der Waals surface area contributed by atoms with E-state index in [4.69, 9.17) is 0 Å². The number of hydrogen-bond acceptors (Lipinski definition) is 0. The van der Waals surface area contributed by atoms with E-state index in [2.05, 4.69) is 197 Å². The number of rotatable bonds is 0. The van der Waals surface area contributed by atoms with E-state index in [0.29, 0.717) is 0 Å². The molecule has 49 heavy (non-hydrogen) atoms. The van der Waals surface area contributed by atoms with E-state index in [1.165, 1.54) is 44.5 Å². The largest absolute Gasteiger partial charge is 0.129 e. The van der Waals surface area contributed by atoms with Gasteiger partial charge in [0.2, 0.25) is 0 Å². The number of fused-ring (bicyclic) bond motifs is 10. The van der Waals surface area contributed by atoms with Crippen LogP contribution < -0.4 is 0 Å². The van der Waals surface area contributed by atoms with Gasteiger partial charge < -0.3 is 0 Å². The van der Waals surface area contributed by atoms with Crippen molar-refractivity contribution in [3.05, 3.63) is 117 Å². The SMILES string of the molecule is C[Si](C)(C)C#Cc1ccc2c(c1)C1(c3cc(C#C[Si](C)(C)C)ccc3-2)c2cc(C#C[Si](C)(C)C)ccc2-c2ccc(C#C[Si](C)(C)C)cc21. The van der Waals surface area contributed by atoms with Gasteiger partial charge >= 0.3 is 0 Å². The van der Waals surface area contributed by atoms with Crippen molar-refractivity contribution < 1.29 is 0 Å². The predicted molar refractivity (Wildman–Crippen MR) is 224 cm³/mol. The molecule has 6 rings (SSSR count). The van der Waals surface area contributed by atoms with E-state index in [1.54, 1.807) is 0 Å². The molecular weight excluding hydrogens is 653 g/mol. The molecule has 0 saturated heterocycles. The van der Waals surface area contributed by atoms with Crippen molar-refractivity contribution in [1.82, 2.24) is 0 Å². The fraction of sp³-hybridized carbons (Fsp3) is 0.289. The molecule has 0 aromatic heterocycles. The Bertz CT molecular complexity index is 1950. The van der Waals surface area contributed by atoms with Crippen LogP contribution in [-0.4, -0.2) is 32.3 Å². The lowest BCUT2D eigenvalue weighted by atomic mass is 9.69. The van der Waals surface area contributed by atoms with Crippen molar-refractivity contribution in [2.45, 2.75) is 84.0 Å². The Morgan fingerprint density at radius 1 is 0.327 bits per heavy atom.